The van der Waals surface area contributed by atoms with Gasteiger partial charge >= 0.3 is 0 Å². The lowest BCUT2D eigenvalue weighted by Gasteiger charge is -2.04. The molecule has 0 bridgehead atoms. The zero-order chi connectivity index (χ0) is 17.6. The van der Waals surface area contributed by atoms with Gasteiger partial charge in [0.15, 0.2) is 5.78 Å². The fourth-order valence-electron chi connectivity index (χ4n) is 2.20. The SMILES string of the molecule is O=C(CCCSc1nnnn1-c1ccc(O)cc1)c1ccc(Br)cc1. The van der Waals surface area contributed by atoms with Crippen LogP contribution in [-0.4, -0.2) is 36.8 Å². The molecule has 0 saturated heterocycles. The molecular weight excluding hydrogens is 404 g/mol. The van der Waals surface area contributed by atoms with Crippen molar-refractivity contribution in [2.75, 3.05) is 5.75 Å². The van der Waals surface area contributed by atoms with Crippen LogP contribution in [0.15, 0.2) is 58.2 Å². The minimum Gasteiger partial charge on any atom is -0.508 e. The van der Waals surface area contributed by atoms with Crippen LogP contribution < -0.4 is 0 Å². The monoisotopic (exact) mass is 418 g/mol. The number of hydrogen-bond donors (Lipinski definition) is 1. The number of carbonyl (C=O) groups is 1. The van der Waals surface area contributed by atoms with Crippen molar-refractivity contribution in [3.63, 3.8) is 0 Å². The van der Waals surface area contributed by atoms with Gasteiger partial charge in [-0.1, -0.05) is 39.8 Å². The number of rotatable bonds is 7. The zero-order valence-corrected chi connectivity index (χ0v) is 15.6. The van der Waals surface area contributed by atoms with Crippen LogP contribution in [0.5, 0.6) is 5.75 Å². The van der Waals surface area contributed by atoms with Crippen LogP contribution in [0.1, 0.15) is 23.2 Å². The van der Waals surface area contributed by atoms with Gasteiger partial charge in [-0.05, 0) is 53.2 Å². The highest BCUT2D eigenvalue weighted by Gasteiger charge is 2.10. The number of phenolic OH excluding ortho intramolecular Hbond substituents is 1. The van der Waals surface area contributed by atoms with Crippen LogP contribution in [0.3, 0.4) is 0 Å². The Morgan fingerprint density at radius 1 is 1.12 bits per heavy atom. The number of carbonyl (C=O) groups excluding carboxylic acids is 1. The molecule has 0 radical (unpaired) electrons. The fraction of sp³-hybridized carbons (Fsp3) is 0.176. The van der Waals surface area contributed by atoms with Gasteiger partial charge in [-0.2, -0.15) is 4.68 Å². The van der Waals surface area contributed by atoms with E-state index in [1.807, 2.05) is 24.3 Å². The van der Waals surface area contributed by atoms with Gasteiger partial charge < -0.3 is 5.11 Å². The lowest BCUT2D eigenvalue weighted by molar-refractivity contribution is 0.0982. The van der Waals surface area contributed by atoms with E-state index in [4.69, 9.17) is 0 Å². The summed E-state index contributed by atoms with van der Waals surface area (Å²) in [5.74, 6) is 1.06. The lowest BCUT2D eigenvalue weighted by Crippen LogP contribution is -2.01. The average Bonchev–Trinajstić information content (AvgIpc) is 3.08. The Labute approximate surface area is 157 Å². The van der Waals surface area contributed by atoms with Crippen molar-refractivity contribution in [2.45, 2.75) is 18.0 Å². The predicted octanol–water partition coefficient (Wildman–Crippen LogP) is 3.89. The van der Waals surface area contributed by atoms with Crippen molar-refractivity contribution in [3.8, 4) is 11.4 Å². The molecule has 1 N–H and O–H groups in total. The first-order valence-electron chi connectivity index (χ1n) is 7.63. The molecule has 128 valence electrons. The number of benzene rings is 2. The van der Waals surface area contributed by atoms with Crippen LogP contribution >= 0.6 is 27.7 Å². The molecule has 3 rings (SSSR count). The summed E-state index contributed by atoms with van der Waals surface area (Å²) in [4.78, 5) is 12.1. The van der Waals surface area contributed by atoms with Crippen LogP contribution in [0.25, 0.3) is 5.69 Å². The molecule has 1 aromatic heterocycles. The average molecular weight is 419 g/mol. The molecule has 25 heavy (non-hydrogen) atoms. The summed E-state index contributed by atoms with van der Waals surface area (Å²) < 4.78 is 2.57. The second kappa shape index (κ2) is 8.26. The maximum atomic E-state index is 12.1. The highest BCUT2D eigenvalue weighted by Crippen LogP contribution is 2.21. The Bertz CT molecular complexity index is 850. The summed E-state index contributed by atoms with van der Waals surface area (Å²) >= 11 is 4.86. The van der Waals surface area contributed by atoms with Crippen molar-refractivity contribution < 1.29 is 9.90 Å². The Balaban J connectivity index is 1.53. The zero-order valence-electron chi connectivity index (χ0n) is 13.2. The van der Waals surface area contributed by atoms with Gasteiger partial charge in [0.1, 0.15) is 5.75 Å². The van der Waals surface area contributed by atoms with Crippen molar-refractivity contribution >= 4 is 33.5 Å². The first-order chi connectivity index (χ1) is 12.1. The Morgan fingerprint density at radius 3 is 2.56 bits per heavy atom. The summed E-state index contributed by atoms with van der Waals surface area (Å²) in [6.07, 6.45) is 1.22. The number of Topliss-reactive ketones (excluding diaryl/α,β-unsaturated/α-hetero) is 1. The molecule has 0 saturated carbocycles. The van der Waals surface area contributed by atoms with Gasteiger partial charge in [-0.3, -0.25) is 4.79 Å². The van der Waals surface area contributed by atoms with Crippen molar-refractivity contribution in [1.82, 2.24) is 20.2 Å². The minimum absolute atomic E-state index is 0.131. The van der Waals surface area contributed by atoms with Crippen LogP contribution in [-0.2, 0) is 0 Å². The fourth-order valence-corrected chi connectivity index (χ4v) is 3.30. The Kier molecular flexibility index (Phi) is 5.83. The third-order valence-electron chi connectivity index (χ3n) is 3.48. The van der Waals surface area contributed by atoms with E-state index in [1.54, 1.807) is 28.9 Å². The smallest absolute Gasteiger partial charge is 0.214 e. The molecule has 0 aliphatic carbocycles. The first-order valence-corrected chi connectivity index (χ1v) is 9.41. The third kappa shape index (κ3) is 4.67. The molecule has 0 aliphatic rings. The Hall–Kier alpha value is -2.19. The van der Waals surface area contributed by atoms with E-state index in [9.17, 15) is 9.90 Å². The van der Waals surface area contributed by atoms with Gasteiger partial charge in [0.25, 0.3) is 0 Å². The topological polar surface area (TPSA) is 80.9 Å². The van der Waals surface area contributed by atoms with Crippen LogP contribution in [0.2, 0.25) is 0 Å². The standard InChI is InChI=1S/C17H15BrN4O2S/c18-13-5-3-12(4-6-13)16(24)2-1-11-25-17-19-20-21-22(17)14-7-9-15(23)10-8-14/h3-10,23H,1-2,11H2. The molecule has 0 spiro atoms. The quantitative estimate of drug-likeness (QED) is 0.356. The van der Waals surface area contributed by atoms with E-state index in [2.05, 4.69) is 31.5 Å². The van der Waals surface area contributed by atoms with E-state index in [0.717, 1.165) is 27.9 Å². The van der Waals surface area contributed by atoms with Gasteiger partial charge in [-0.25, -0.2) is 0 Å². The number of aromatic nitrogens is 4. The number of tetrazole rings is 1. The molecule has 3 aromatic rings. The van der Waals surface area contributed by atoms with E-state index in [0.29, 0.717) is 11.6 Å². The van der Waals surface area contributed by atoms with Gasteiger partial charge in [0, 0.05) is 22.2 Å². The number of nitrogens with zero attached hydrogens (tertiary/aromatic N) is 4. The second-order valence-corrected chi connectivity index (χ2v) is 7.25. The van der Waals surface area contributed by atoms with Crippen molar-refractivity contribution in [3.05, 3.63) is 58.6 Å². The van der Waals surface area contributed by atoms with E-state index >= 15 is 0 Å². The molecule has 0 amide bonds. The minimum atomic E-state index is 0.131. The van der Waals surface area contributed by atoms with E-state index < -0.39 is 0 Å². The van der Waals surface area contributed by atoms with Crippen molar-refractivity contribution in [1.29, 1.82) is 0 Å². The number of hydrogen-bond acceptors (Lipinski definition) is 6. The summed E-state index contributed by atoms with van der Waals surface area (Å²) in [7, 11) is 0. The number of aromatic hydroxyl groups is 1. The largest absolute Gasteiger partial charge is 0.508 e. The first kappa shape index (κ1) is 17.6. The molecule has 6 nitrogen and oxygen atoms in total. The number of ketones is 1. The number of halogens is 1. The summed E-state index contributed by atoms with van der Waals surface area (Å²) in [5.41, 5.74) is 1.50. The molecule has 0 atom stereocenters. The van der Waals surface area contributed by atoms with Gasteiger partial charge in [-0.15, -0.1) is 5.10 Å². The van der Waals surface area contributed by atoms with E-state index in [-0.39, 0.29) is 11.5 Å². The Morgan fingerprint density at radius 2 is 1.84 bits per heavy atom. The van der Waals surface area contributed by atoms with Crippen molar-refractivity contribution in [2.24, 2.45) is 0 Å². The molecule has 8 heteroatoms. The molecule has 2 aromatic carbocycles. The molecule has 0 aliphatic heterocycles. The lowest BCUT2D eigenvalue weighted by atomic mass is 10.1. The van der Waals surface area contributed by atoms with E-state index in [1.165, 1.54) is 11.8 Å². The summed E-state index contributed by atoms with van der Waals surface area (Å²) in [6, 6.07) is 14.0. The maximum absolute atomic E-state index is 12.1. The normalized spacial score (nSPS) is 10.8. The summed E-state index contributed by atoms with van der Waals surface area (Å²) in [5, 5.41) is 21.7. The summed E-state index contributed by atoms with van der Waals surface area (Å²) in [6.45, 7) is 0. The predicted molar refractivity (Wildman–Crippen MR) is 99.2 cm³/mol. The second-order valence-electron chi connectivity index (χ2n) is 5.27. The third-order valence-corrected chi connectivity index (χ3v) is 5.01. The van der Waals surface area contributed by atoms with Crippen LogP contribution in [0, 0.1) is 0 Å². The molecular formula is C17H15BrN4O2S. The number of thioether (sulfide) groups is 1. The highest BCUT2D eigenvalue weighted by molar-refractivity contribution is 9.10. The van der Waals surface area contributed by atoms with Gasteiger partial charge in [0.05, 0.1) is 5.69 Å². The molecule has 1 heterocycles. The molecule has 0 unspecified atom stereocenters. The molecule has 0 fully saturated rings. The highest BCUT2D eigenvalue weighted by atomic mass is 79.9. The number of phenols is 1. The van der Waals surface area contributed by atoms with Gasteiger partial charge in [0.2, 0.25) is 5.16 Å². The maximum Gasteiger partial charge on any atom is 0.214 e. The van der Waals surface area contributed by atoms with Crippen LogP contribution in [0.4, 0.5) is 0 Å².